The molecule has 0 aliphatic carbocycles. The number of hydrogen-bond donors (Lipinski definition) is 1. The molecule has 3 rings (SSSR count). The maximum absolute atomic E-state index is 12.6. The van der Waals surface area contributed by atoms with Gasteiger partial charge >= 0.3 is 11.9 Å². The van der Waals surface area contributed by atoms with Crippen LogP contribution in [0.3, 0.4) is 0 Å². The average Bonchev–Trinajstić information content (AvgIpc) is 3.36. The Bertz CT molecular complexity index is 1070. The van der Waals surface area contributed by atoms with Crippen LogP contribution in [0.4, 0.5) is 0 Å². The van der Waals surface area contributed by atoms with E-state index in [0.29, 0.717) is 23.5 Å². The number of aromatic nitrogens is 3. The quantitative estimate of drug-likeness (QED) is 0.453. The minimum atomic E-state index is -0.655. The number of carbonyl (C=O) groups is 3. The van der Waals surface area contributed by atoms with E-state index in [1.807, 2.05) is 41.8 Å². The third kappa shape index (κ3) is 4.65. The normalized spacial score (nSPS) is 10.6. The summed E-state index contributed by atoms with van der Waals surface area (Å²) in [7, 11) is 1.34. The number of nitrogens with zero attached hydrogens (tertiary/aromatic N) is 2. The number of esters is 2. The van der Waals surface area contributed by atoms with Gasteiger partial charge in [-0.1, -0.05) is 30.3 Å². The van der Waals surface area contributed by atoms with E-state index in [0.717, 1.165) is 11.3 Å². The molecule has 2 aromatic heterocycles. The molecule has 2 heterocycles. The maximum Gasteiger partial charge on any atom is 0.356 e. The number of nitrogens with one attached hydrogen (secondary N) is 1. The zero-order valence-electron chi connectivity index (χ0n) is 17.1. The summed E-state index contributed by atoms with van der Waals surface area (Å²) in [6.45, 7) is 3.66. The number of benzene rings is 1. The third-order valence-corrected chi connectivity index (χ3v) is 4.84. The second-order valence-corrected chi connectivity index (χ2v) is 6.79. The van der Waals surface area contributed by atoms with Gasteiger partial charge in [0.15, 0.2) is 6.61 Å². The van der Waals surface area contributed by atoms with Crippen molar-refractivity contribution in [2.45, 2.75) is 26.8 Å². The topological polar surface area (TPSA) is 103 Å². The minimum Gasteiger partial charge on any atom is -0.469 e. The van der Waals surface area contributed by atoms with Gasteiger partial charge in [-0.3, -0.25) is 14.7 Å². The number of H-pyrrole nitrogens is 1. The van der Waals surface area contributed by atoms with E-state index in [1.54, 1.807) is 19.1 Å². The minimum absolute atomic E-state index is 0.171. The van der Waals surface area contributed by atoms with E-state index in [-0.39, 0.29) is 30.5 Å². The molecule has 1 N–H and O–H groups in total. The summed E-state index contributed by atoms with van der Waals surface area (Å²) in [6, 6.07) is 12.7. The molecule has 156 valence electrons. The number of hydrogen-bond acceptors (Lipinski definition) is 6. The van der Waals surface area contributed by atoms with Crippen molar-refractivity contribution in [1.29, 1.82) is 0 Å². The van der Waals surface area contributed by atoms with Crippen LogP contribution >= 0.6 is 0 Å². The first kappa shape index (κ1) is 21.0. The van der Waals surface area contributed by atoms with E-state index in [2.05, 4.69) is 14.9 Å². The number of carbonyl (C=O) groups excluding carboxylic acids is 3. The third-order valence-electron chi connectivity index (χ3n) is 4.84. The van der Waals surface area contributed by atoms with Crippen molar-refractivity contribution in [2.75, 3.05) is 13.7 Å². The average molecular weight is 409 g/mol. The van der Waals surface area contributed by atoms with Gasteiger partial charge in [0, 0.05) is 29.1 Å². The first-order chi connectivity index (χ1) is 14.4. The molecule has 0 radical (unpaired) electrons. The largest absolute Gasteiger partial charge is 0.469 e. The van der Waals surface area contributed by atoms with E-state index in [1.165, 1.54) is 7.11 Å². The molecule has 30 heavy (non-hydrogen) atoms. The van der Waals surface area contributed by atoms with Crippen LogP contribution in [0.5, 0.6) is 0 Å². The number of methoxy groups -OCH3 is 1. The van der Waals surface area contributed by atoms with Crippen molar-refractivity contribution in [1.82, 2.24) is 14.8 Å². The Morgan fingerprint density at radius 2 is 1.83 bits per heavy atom. The summed E-state index contributed by atoms with van der Waals surface area (Å²) >= 11 is 0. The molecular formula is C22H23N3O5. The first-order valence-electron chi connectivity index (χ1n) is 9.45. The number of ketones is 1. The van der Waals surface area contributed by atoms with E-state index in [9.17, 15) is 14.4 Å². The van der Waals surface area contributed by atoms with Crippen LogP contribution in [0.15, 0.2) is 42.5 Å². The van der Waals surface area contributed by atoms with Crippen LogP contribution < -0.4 is 0 Å². The molecule has 0 spiro atoms. The lowest BCUT2D eigenvalue weighted by Crippen LogP contribution is -2.15. The molecule has 0 fully saturated rings. The predicted molar refractivity (Wildman–Crippen MR) is 109 cm³/mol. The van der Waals surface area contributed by atoms with E-state index < -0.39 is 5.97 Å². The van der Waals surface area contributed by atoms with Crippen LogP contribution in [0.2, 0.25) is 0 Å². The summed E-state index contributed by atoms with van der Waals surface area (Å²) in [5.74, 6) is -1.29. The summed E-state index contributed by atoms with van der Waals surface area (Å²) in [5, 5.41) is 6.75. The highest BCUT2D eigenvalue weighted by Crippen LogP contribution is 2.19. The number of Topliss-reactive ketones (excluding diaryl/α,β-unsaturated/α-hetero) is 1. The summed E-state index contributed by atoms with van der Waals surface area (Å²) < 4.78 is 11.7. The Morgan fingerprint density at radius 3 is 2.53 bits per heavy atom. The number of aromatic amines is 1. The Hall–Kier alpha value is -3.68. The molecule has 0 saturated heterocycles. The highest BCUT2D eigenvalue weighted by molar-refractivity contribution is 6.00. The van der Waals surface area contributed by atoms with Gasteiger partial charge in [-0.2, -0.15) is 5.10 Å². The van der Waals surface area contributed by atoms with Crippen molar-refractivity contribution < 1.29 is 23.9 Å². The molecule has 0 amide bonds. The lowest BCUT2D eigenvalue weighted by atomic mass is 10.1. The van der Waals surface area contributed by atoms with E-state index in [4.69, 9.17) is 4.74 Å². The van der Waals surface area contributed by atoms with Crippen LogP contribution in [0, 0.1) is 13.8 Å². The molecule has 0 aliphatic rings. The van der Waals surface area contributed by atoms with Crippen molar-refractivity contribution >= 4 is 17.7 Å². The second kappa shape index (κ2) is 9.21. The highest BCUT2D eigenvalue weighted by atomic mass is 16.5. The van der Waals surface area contributed by atoms with Gasteiger partial charge in [0.05, 0.1) is 19.2 Å². The Balaban J connectivity index is 1.62. The number of aryl methyl sites for hydroxylation is 1. The molecule has 0 atom stereocenters. The van der Waals surface area contributed by atoms with E-state index >= 15 is 0 Å². The van der Waals surface area contributed by atoms with Crippen LogP contribution in [-0.2, 0) is 20.8 Å². The first-order valence-corrected chi connectivity index (χ1v) is 9.45. The SMILES string of the molecule is COC(=O)CCn1c(C)cc(C(=O)COC(=O)c2cc(-c3ccccc3)n[nH]2)c1C. The second-order valence-electron chi connectivity index (χ2n) is 6.79. The maximum atomic E-state index is 12.6. The zero-order chi connectivity index (χ0) is 21.7. The smallest absolute Gasteiger partial charge is 0.356 e. The lowest BCUT2D eigenvalue weighted by molar-refractivity contribution is -0.140. The van der Waals surface area contributed by atoms with Crippen LogP contribution in [0.25, 0.3) is 11.3 Å². The standard InChI is InChI=1S/C22H23N3O5/c1-14-11-17(15(2)25(14)10-9-21(27)29-3)20(26)13-30-22(28)19-12-18(23-24-19)16-7-5-4-6-8-16/h4-8,11-12H,9-10,13H2,1-3H3,(H,23,24). The Labute approximate surface area is 173 Å². The van der Waals surface area contributed by atoms with Gasteiger partial charge in [0.25, 0.3) is 0 Å². The molecule has 0 saturated carbocycles. The van der Waals surface area contributed by atoms with Crippen molar-refractivity contribution in [3.63, 3.8) is 0 Å². The van der Waals surface area contributed by atoms with Gasteiger partial charge in [0.2, 0.25) is 5.78 Å². The molecule has 0 bridgehead atoms. The van der Waals surface area contributed by atoms with Gasteiger partial charge in [-0.15, -0.1) is 0 Å². The molecule has 0 unspecified atom stereocenters. The molecule has 3 aromatic rings. The predicted octanol–water partition coefficient (Wildman–Crippen LogP) is 3.10. The lowest BCUT2D eigenvalue weighted by Gasteiger charge is -2.09. The van der Waals surface area contributed by atoms with Gasteiger partial charge in [0.1, 0.15) is 5.69 Å². The number of rotatable bonds is 8. The van der Waals surface area contributed by atoms with Crippen molar-refractivity contribution in [3.8, 4) is 11.3 Å². The monoisotopic (exact) mass is 409 g/mol. The molecule has 8 heteroatoms. The number of ether oxygens (including phenoxy) is 2. The fourth-order valence-corrected chi connectivity index (χ4v) is 3.20. The van der Waals surface area contributed by atoms with Crippen molar-refractivity contribution in [2.24, 2.45) is 0 Å². The molecule has 0 aliphatic heterocycles. The fraction of sp³-hybridized carbons (Fsp3) is 0.273. The summed E-state index contributed by atoms with van der Waals surface area (Å²) in [6.07, 6.45) is 0.207. The zero-order valence-corrected chi connectivity index (χ0v) is 17.1. The fourth-order valence-electron chi connectivity index (χ4n) is 3.20. The van der Waals surface area contributed by atoms with Gasteiger partial charge in [-0.05, 0) is 26.0 Å². The van der Waals surface area contributed by atoms with Crippen LogP contribution in [0.1, 0.15) is 38.7 Å². The summed E-state index contributed by atoms with van der Waals surface area (Å²) in [5.41, 5.74) is 3.66. The highest BCUT2D eigenvalue weighted by Gasteiger charge is 2.19. The van der Waals surface area contributed by atoms with Gasteiger partial charge in [-0.25, -0.2) is 4.79 Å². The van der Waals surface area contributed by atoms with Crippen molar-refractivity contribution in [3.05, 3.63) is 65.1 Å². The Kier molecular flexibility index (Phi) is 6.46. The van der Waals surface area contributed by atoms with Gasteiger partial charge < -0.3 is 14.0 Å². The molecule has 1 aromatic carbocycles. The van der Waals surface area contributed by atoms with Crippen LogP contribution in [-0.4, -0.2) is 46.2 Å². The molecular weight excluding hydrogens is 386 g/mol. The summed E-state index contributed by atoms with van der Waals surface area (Å²) in [4.78, 5) is 36.3. The molecule has 8 nitrogen and oxygen atoms in total. The Morgan fingerprint density at radius 1 is 1.10 bits per heavy atom.